The smallest absolute Gasteiger partial charge is 0.243 e. The van der Waals surface area contributed by atoms with Gasteiger partial charge in [-0.2, -0.15) is 4.31 Å². The van der Waals surface area contributed by atoms with Gasteiger partial charge in [-0.1, -0.05) is 11.3 Å². The number of hydrogen-bond donors (Lipinski definition) is 0. The summed E-state index contributed by atoms with van der Waals surface area (Å²) in [6, 6.07) is 5.17. The Labute approximate surface area is 141 Å². The molecule has 2 aliphatic rings. The van der Waals surface area contributed by atoms with Crippen LogP contribution in [0.3, 0.4) is 0 Å². The first-order valence-corrected chi connectivity index (χ1v) is 9.49. The van der Waals surface area contributed by atoms with E-state index in [2.05, 4.69) is 10.3 Å². The van der Waals surface area contributed by atoms with E-state index in [9.17, 15) is 8.42 Å². The molecule has 0 atom stereocenters. The minimum atomic E-state index is -3.51. The van der Waals surface area contributed by atoms with Crippen LogP contribution in [-0.4, -0.2) is 47.9 Å². The third-order valence-electron chi connectivity index (χ3n) is 4.74. The van der Waals surface area contributed by atoms with E-state index in [1.165, 1.54) is 24.3 Å². The van der Waals surface area contributed by atoms with Gasteiger partial charge in [0.15, 0.2) is 0 Å². The van der Waals surface area contributed by atoms with E-state index in [4.69, 9.17) is 4.74 Å². The van der Waals surface area contributed by atoms with Crippen molar-refractivity contribution < 1.29 is 13.2 Å². The SMILES string of the molecule is COc1ccc(C)c(S(=O)(=O)N2CC(n3cc(C4CC4)nn3)C2)c1. The highest BCUT2D eigenvalue weighted by Gasteiger charge is 2.39. The Morgan fingerprint density at radius 1 is 1.25 bits per heavy atom. The van der Waals surface area contributed by atoms with Gasteiger partial charge in [0.1, 0.15) is 5.75 Å². The van der Waals surface area contributed by atoms with Gasteiger partial charge in [0, 0.05) is 31.3 Å². The van der Waals surface area contributed by atoms with Gasteiger partial charge in [-0.25, -0.2) is 13.1 Å². The summed E-state index contributed by atoms with van der Waals surface area (Å²) in [6.45, 7) is 2.64. The molecule has 4 rings (SSSR count). The largest absolute Gasteiger partial charge is 0.497 e. The van der Waals surface area contributed by atoms with E-state index in [0.29, 0.717) is 29.7 Å². The maximum atomic E-state index is 12.8. The molecule has 1 saturated heterocycles. The van der Waals surface area contributed by atoms with Crippen molar-refractivity contribution in [3.8, 4) is 5.75 Å². The first-order chi connectivity index (χ1) is 11.5. The van der Waals surface area contributed by atoms with Gasteiger partial charge < -0.3 is 4.74 Å². The summed E-state index contributed by atoms with van der Waals surface area (Å²) in [6.07, 6.45) is 4.32. The Hall–Kier alpha value is -1.93. The second-order valence-electron chi connectivity index (χ2n) is 6.50. The van der Waals surface area contributed by atoms with Gasteiger partial charge >= 0.3 is 0 Å². The average molecular weight is 348 g/mol. The van der Waals surface area contributed by atoms with Crippen molar-refractivity contribution in [1.29, 1.82) is 0 Å². The maximum Gasteiger partial charge on any atom is 0.243 e. The van der Waals surface area contributed by atoms with Gasteiger partial charge in [-0.05, 0) is 31.4 Å². The Kier molecular flexibility index (Phi) is 3.61. The van der Waals surface area contributed by atoms with Crippen LogP contribution in [0.1, 0.15) is 36.1 Å². The van der Waals surface area contributed by atoms with E-state index < -0.39 is 10.0 Å². The van der Waals surface area contributed by atoms with E-state index in [-0.39, 0.29) is 6.04 Å². The molecule has 0 amide bonds. The molecule has 0 radical (unpaired) electrons. The van der Waals surface area contributed by atoms with Gasteiger partial charge in [0.2, 0.25) is 10.0 Å². The molecule has 2 fully saturated rings. The molecule has 7 nitrogen and oxygen atoms in total. The summed E-state index contributed by atoms with van der Waals surface area (Å²) < 4.78 is 34.1. The van der Waals surface area contributed by atoms with Crippen LogP contribution in [0.4, 0.5) is 0 Å². The van der Waals surface area contributed by atoms with Gasteiger partial charge in [-0.3, -0.25) is 0 Å². The van der Waals surface area contributed by atoms with Crippen molar-refractivity contribution in [1.82, 2.24) is 19.3 Å². The predicted octanol–water partition coefficient (Wildman–Crippen LogP) is 1.72. The van der Waals surface area contributed by atoms with Crippen molar-refractivity contribution in [2.45, 2.75) is 36.6 Å². The maximum absolute atomic E-state index is 12.8. The number of aryl methyl sites for hydroxylation is 1. The van der Waals surface area contributed by atoms with Crippen LogP contribution >= 0.6 is 0 Å². The molecule has 1 saturated carbocycles. The summed E-state index contributed by atoms with van der Waals surface area (Å²) in [7, 11) is -1.98. The lowest BCUT2D eigenvalue weighted by atomic mass is 10.2. The van der Waals surface area contributed by atoms with Crippen LogP contribution in [-0.2, 0) is 10.0 Å². The summed E-state index contributed by atoms with van der Waals surface area (Å²) in [5.74, 6) is 1.10. The second-order valence-corrected chi connectivity index (χ2v) is 8.41. The lowest BCUT2D eigenvalue weighted by molar-refractivity contribution is 0.188. The van der Waals surface area contributed by atoms with Crippen LogP contribution in [0.25, 0.3) is 0 Å². The molecule has 2 heterocycles. The molecule has 8 heteroatoms. The van der Waals surface area contributed by atoms with Crippen LogP contribution in [0.5, 0.6) is 5.75 Å². The van der Waals surface area contributed by atoms with E-state index in [0.717, 1.165) is 11.3 Å². The molecule has 0 spiro atoms. The third kappa shape index (κ3) is 2.59. The minimum Gasteiger partial charge on any atom is -0.497 e. The number of methoxy groups -OCH3 is 1. The Bertz CT molecular complexity index is 867. The molecule has 1 aromatic carbocycles. The van der Waals surface area contributed by atoms with Crippen LogP contribution in [0, 0.1) is 6.92 Å². The van der Waals surface area contributed by atoms with Crippen molar-refractivity contribution in [3.05, 3.63) is 35.7 Å². The number of aromatic nitrogens is 3. The zero-order valence-electron chi connectivity index (χ0n) is 13.7. The van der Waals surface area contributed by atoms with Crippen LogP contribution < -0.4 is 4.74 Å². The summed E-state index contributed by atoms with van der Waals surface area (Å²) in [4.78, 5) is 0.303. The van der Waals surface area contributed by atoms with Crippen molar-refractivity contribution >= 4 is 10.0 Å². The van der Waals surface area contributed by atoms with Gasteiger partial charge in [0.25, 0.3) is 0 Å². The fraction of sp³-hybridized carbons (Fsp3) is 0.500. The highest BCUT2D eigenvalue weighted by Crippen LogP contribution is 2.39. The second kappa shape index (κ2) is 5.56. The third-order valence-corrected chi connectivity index (χ3v) is 6.71. The first-order valence-electron chi connectivity index (χ1n) is 8.05. The summed E-state index contributed by atoms with van der Waals surface area (Å²) >= 11 is 0. The number of nitrogens with zero attached hydrogens (tertiary/aromatic N) is 4. The number of rotatable bonds is 5. The molecule has 1 aliphatic carbocycles. The normalized spacial score (nSPS) is 19.2. The van der Waals surface area contributed by atoms with E-state index in [1.54, 1.807) is 29.8 Å². The first kappa shape index (κ1) is 15.6. The highest BCUT2D eigenvalue weighted by molar-refractivity contribution is 7.89. The monoisotopic (exact) mass is 348 g/mol. The lowest BCUT2D eigenvalue weighted by Crippen LogP contribution is -2.50. The molecule has 24 heavy (non-hydrogen) atoms. The molecule has 1 aliphatic heterocycles. The Balaban J connectivity index is 1.50. The van der Waals surface area contributed by atoms with Gasteiger partial charge in [0.05, 0.1) is 23.7 Å². The number of hydrogen-bond acceptors (Lipinski definition) is 5. The zero-order chi connectivity index (χ0) is 16.9. The van der Waals surface area contributed by atoms with Gasteiger partial charge in [-0.15, -0.1) is 5.10 Å². The fourth-order valence-electron chi connectivity index (χ4n) is 2.94. The summed E-state index contributed by atoms with van der Waals surface area (Å²) in [5, 5.41) is 8.35. The van der Waals surface area contributed by atoms with E-state index in [1.807, 2.05) is 6.20 Å². The molecule has 128 valence electrons. The molecular weight excluding hydrogens is 328 g/mol. The predicted molar refractivity (Wildman–Crippen MR) is 87.5 cm³/mol. The number of benzene rings is 1. The topological polar surface area (TPSA) is 77.3 Å². The Morgan fingerprint density at radius 3 is 2.67 bits per heavy atom. The summed E-state index contributed by atoms with van der Waals surface area (Å²) in [5.41, 5.74) is 1.75. The molecule has 0 unspecified atom stereocenters. The Morgan fingerprint density at radius 2 is 2.00 bits per heavy atom. The number of ether oxygens (including phenoxy) is 1. The van der Waals surface area contributed by atoms with Crippen molar-refractivity contribution in [2.24, 2.45) is 0 Å². The minimum absolute atomic E-state index is 0.0608. The van der Waals surface area contributed by atoms with Crippen molar-refractivity contribution in [2.75, 3.05) is 20.2 Å². The van der Waals surface area contributed by atoms with Crippen LogP contribution in [0.15, 0.2) is 29.3 Å². The highest BCUT2D eigenvalue weighted by atomic mass is 32.2. The fourth-order valence-corrected chi connectivity index (χ4v) is 4.69. The lowest BCUT2D eigenvalue weighted by Gasteiger charge is -2.37. The molecule has 1 aromatic heterocycles. The zero-order valence-corrected chi connectivity index (χ0v) is 14.5. The van der Waals surface area contributed by atoms with Crippen molar-refractivity contribution in [3.63, 3.8) is 0 Å². The molecular formula is C16H20N4O3S. The van der Waals surface area contributed by atoms with E-state index >= 15 is 0 Å². The average Bonchev–Trinajstić information content (AvgIpc) is 3.25. The molecule has 2 aromatic rings. The quantitative estimate of drug-likeness (QED) is 0.822. The molecule has 0 bridgehead atoms. The standard InChI is InChI=1S/C16H20N4O3S/c1-11-3-6-14(23-2)7-16(11)24(21,22)19-8-13(9-19)20-10-15(17-18-20)12-4-5-12/h3,6-7,10,12-13H,4-5,8-9H2,1-2H3. The molecule has 0 N–H and O–H groups in total. The van der Waals surface area contributed by atoms with Crippen LogP contribution in [0.2, 0.25) is 0 Å². The number of sulfonamides is 1.